The first kappa shape index (κ1) is 11.7. The van der Waals surface area contributed by atoms with Crippen molar-refractivity contribution in [2.75, 3.05) is 0 Å². The highest BCUT2D eigenvalue weighted by atomic mass is 15.0. The Labute approximate surface area is 102 Å². The van der Waals surface area contributed by atoms with Crippen molar-refractivity contribution < 1.29 is 0 Å². The summed E-state index contributed by atoms with van der Waals surface area (Å²) in [5.41, 5.74) is 1.35. The average molecular weight is 227 g/mol. The van der Waals surface area contributed by atoms with Crippen LogP contribution in [0.25, 0.3) is 0 Å². The van der Waals surface area contributed by atoms with Gasteiger partial charge in [0.25, 0.3) is 0 Å². The lowest BCUT2D eigenvalue weighted by Crippen LogP contribution is -2.28. The SMILES string of the molecule is CC(Cc1ccccc1)NCc1ncccn1. The van der Waals surface area contributed by atoms with E-state index in [0.29, 0.717) is 6.04 Å². The summed E-state index contributed by atoms with van der Waals surface area (Å²) < 4.78 is 0. The van der Waals surface area contributed by atoms with E-state index in [0.717, 1.165) is 18.8 Å². The number of aromatic nitrogens is 2. The molecule has 1 heterocycles. The van der Waals surface area contributed by atoms with Crippen molar-refractivity contribution in [1.29, 1.82) is 0 Å². The molecule has 0 saturated carbocycles. The lowest BCUT2D eigenvalue weighted by Gasteiger charge is -2.12. The molecule has 3 nitrogen and oxygen atoms in total. The highest BCUT2D eigenvalue weighted by Crippen LogP contribution is 2.03. The third kappa shape index (κ3) is 3.96. The quantitative estimate of drug-likeness (QED) is 0.851. The van der Waals surface area contributed by atoms with Crippen molar-refractivity contribution in [1.82, 2.24) is 15.3 Å². The van der Waals surface area contributed by atoms with Crippen molar-refractivity contribution in [3.63, 3.8) is 0 Å². The molecule has 2 rings (SSSR count). The second-order valence-electron chi connectivity index (χ2n) is 4.14. The van der Waals surface area contributed by atoms with Crippen LogP contribution >= 0.6 is 0 Å². The highest BCUT2D eigenvalue weighted by molar-refractivity contribution is 5.15. The normalized spacial score (nSPS) is 12.3. The third-order valence-electron chi connectivity index (χ3n) is 2.61. The maximum atomic E-state index is 4.18. The van der Waals surface area contributed by atoms with Crippen molar-refractivity contribution in [2.45, 2.75) is 25.9 Å². The van der Waals surface area contributed by atoms with Crippen LogP contribution in [0.5, 0.6) is 0 Å². The van der Waals surface area contributed by atoms with Crippen LogP contribution in [0.4, 0.5) is 0 Å². The van der Waals surface area contributed by atoms with Crippen LogP contribution in [0.15, 0.2) is 48.8 Å². The molecule has 88 valence electrons. The Morgan fingerprint density at radius 3 is 2.47 bits per heavy atom. The topological polar surface area (TPSA) is 37.8 Å². The first-order valence-electron chi connectivity index (χ1n) is 5.88. The van der Waals surface area contributed by atoms with Crippen molar-refractivity contribution in [3.8, 4) is 0 Å². The maximum absolute atomic E-state index is 4.18. The van der Waals surface area contributed by atoms with Gasteiger partial charge in [-0.05, 0) is 25.0 Å². The number of hydrogen-bond donors (Lipinski definition) is 1. The molecule has 0 amide bonds. The zero-order chi connectivity index (χ0) is 11.9. The van der Waals surface area contributed by atoms with Gasteiger partial charge in [0.15, 0.2) is 0 Å². The molecule has 0 saturated heterocycles. The molecule has 1 atom stereocenters. The molecule has 0 bridgehead atoms. The summed E-state index contributed by atoms with van der Waals surface area (Å²) >= 11 is 0. The molecular weight excluding hydrogens is 210 g/mol. The van der Waals surface area contributed by atoms with E-state index in [-0.39, 0.29) is 0 Å². The first-order chi connectivity index (χ1) is 8.34. The van der Waals surface area contributed by atoms with Gasteiger partial charge < -0.3 is 5.32 Å². The molecule has 0 fully saturated rings. The molecule has 1 aromatic carbocycles. The Kier molecular flexibility index (Phi) is 4.22. The molecule has 1 unspecified atom stereocenters. The van der Waals surface area contributed by atoms with Gasteiger partial charge in [0.2, 0.25) is 0 Å². The molecule has 0 aliphatic carbocycles. The van der Waals surface area contributed by atoms with E-state index in [4.69, 9.17) is 0 Å². The standard InChI is InChI=1S/C14H17N3/c1-12(10-13-6-3-2-4-7-13)17-11-14-15-8-5-9-16-14/h2-9,12,17H,10-11H2,1H3. The molecule has 3 heteroatoms. The van der Waals surface area contributed by atoms with E-state index < -0.39 is 0 Å². The molecule has 17 heavy (non-hydrogen) atoms. The van der Waals surface area contributed by atoms with Crippen molar-refractivity contribution in [3.05, 3.63) is 60.2 Å². The molecule has 0 aliphatic rings. The highest BCUT2D eigenvalue weighted by Gasteiger charge is 2.03. The Morgan fingerprint density at radius 1 is 1.06 bits per heavy atom. The van der Waals surface area contributed by atoms with Gasteiger partial charge in [-0.3, -0.25) is 0 Å². The molecule has 1 N–H and O–H groups in total. The van der Waals surface area contributed by atoms with Crippen LogP contribution in [0.3, 0.4) is 0 Å². The number of nitrogens with one attached hydrogen (secondary N) is 1. The van der Waals surface area contributed by atoms with E-state index >= 15 is 0 Å². The molecule has 2 aromatic rings. The van der Waals surface area contributed by atoms with Crippen LogP contribution in [0.1, 0.15) is 18.3 Å². The second-order valence-corrected chi connectivity index (χ2v) is 4.14. The predicted octanol–water partition coefficient (Wildman–Crippen LogP) is 2.20. The summed E-state index contributed by atoms with van der Waals surface area (Å²) in [6, 6.07) is 12.7. The minimum absolute atomic E-state index is 0.418. The molecule has 0 spiro atoms. The fourth-order valence-electron chi connectivity index (χ4n) is 1.73. The third-order valence-corrected chi connectivity index (χ3v) is 2.61. The Morgan fingerprint density at radius 2 is 1.76 bits per heavy atom. The van der Waals surface area contributed by atoms with Crippen LogP contribution in [-0.4, -0.2) is 16.0 Å². The van der Waals surface area contributed by atoms with Crippen LogP contribution in [-0.2, 0) is 13.0 Å². The monoisotopic (exact) mass is 227 g/mol. The number of hydrogen-bond acceptors (Lipinski definition) is 3. The summed E-state index contributed by atoms with van der Waals surface area (Å²) in [6.45, 7) is 2.89. The molecular formula is C14H17N3. The molecule has 1 aromatic heterocycles. The Balaban J connectivity index is 1.80. The van der Waals surface area contributed by atoms with Gasteiger partial charge in [0.1, 0.15) is 5.82 Å². The van der Waals surface area contributed by atoms with Crippen molar-refractivity contribution >= 4 is 0 Å². The molecule has 0 radical (unpaired) electrons. The lowest BCUT2D eigenvalue weighted by atomic mass is 10.1. The van der Waals surface area contributed by atoms with Crippen molar-refractivity contribution in [2.24, 2.45) is 0 Å². The van der Waals surface area contributed by atoms with E-state index in [1.54, 1.807) is 12.4 Å². The summed E-state index contributed by atoms with van der Waals surface area (Å²) in [4.78, 5) is 8.37. The smallest absolute Gasteiger partial charge is 0.141 e. The lowest BCUT2D eigenvalue weighted by molar-refractivity contribution is 0.533. The van der Waals surface area contributed by atoms with Gasteiger partial charge in [-0.25, -0.2) is 9.97 Å². The predicted molar refractivity (Wildman–Crippen MR) is 68.5 cm³/mol. The zero-order valence-corrected chi connectivity index (χ0v) is 10.0. The Hall–Kier alpha value is -1.74. The van der Waals surface area contributed by atoms with E-state index in [9.17, 15) is 0 Å². The fourth-order valence-corrected chi connectivity index (χ4v) is 1.73. The van der Waals surface area contributed by atoms with Gasteiger partial charge in [-0.1, -0.05) is 30.3 Å². The average Bonchev–Trinajstić information content (AvgIpc) is 2.39. The number of benzene rings is 1. The minimum Gasteiger partial charge on any atom is -0.307 e. The summed E-state index contributed by atoms with van der Waals surface area (Å²) in [6.07, 6.45) is 4.56. The second kappa shape index (κ2) is 6.11. The molecule has 0 aliphatic heterocycles. The summed E-state index contributed by atoms with van der Waals surface area (Å²) in [7, 11) is 0. The summed E-state index contributed by atoms with van der Waals surface area (Å²) in [5.74, 6) is 0.840. The van der Waals surface area contributed by atoms with E-state index in [2.05, 4.69) is 46.5 Å². The maximum Gasteiger partial charge on any atom is 0.141 e. The van der Waals surface area contributed by atoms with E-state index in [1.807, 2.05) is 12.1 Å². The minimum atomic E-state index is 0.418. The van der Waals surface area contributed by atoms with Gasteiger partial charge in [-0.2, -0.15) is 0 Å². The fraction of sp³-hybridized carbons (Fsp3) is 0.286. The van der Waals surface area contributed by atoms with Gasteiger partial charge >= 0.3 is 0 Å². The van der Waals surface area contributed by atoms with Gasteiger partial charge in [0.05, 0.1) is 6.54 Å². The number of rotatable bonds is 5. The largest absolute Gasteiger partial charge is 0.307 e. The Bertz CT molecular complexity index is 428. The first-order valence-corrected chi connectivity index (χ1v) is 5.88. The summed E-state index contributed by atoms with van der Waals surface area (Å²) in [5, 5.41) is 3.42. The van der Waals surface area contributed by atoms with Crippen LogP contribution < -0.4 is 5.32 Å². The van der Waals surface area contributed by atoms with Gasteiger partial charge in [-0.15, -0.1) is 0 Å². The number of nitrogens with zero attached hydrogens (tertiary/aromatic N) is 2. The zero-order valence-electron chi connectivity index (χ0n) is 10.0. The van der Waals surface area contributed by atoms with Crippen LogP contribution in [0.2, 0.25) is 0 Å². The van der Waals surface area contributed by atoms with Crippen LogP contribution in [0, 0.1) is 0 Å². The van der Waals surface area contributed by atoms with E-state index in [1.165, 1.54) is 5.56 Å². The van der Waals surface area contributed by atoms with Gasteiger partial charge in [0, 0.05) is 18.4 Å².